The van der Waals surface area contributed by atoms with Gasteiger partial charge in [-0.15, -0.1) is 0 Å². The smallest absolute Gasteiger partial charge is 0.459 e. The molecule has 0 amide bonds. The maximum atomic E-state index is 12.7. The first-order valence-corrected chi connectivity index (χ1v) is 5.67. The number of piperidine rings is 1. The van der Waals surface area contributed by atoms with Crippen molar-refractivity contribution in [2.45, 2.75) is 58.0 Å². The molecule has 1 fully saturated rings. The summed E-state index contributed by atoms with van der Waals surface area (Å²) < 4.78 is 43.1. The van der Waals surface area contributed by atoms with Gasteiger partial charge < -0.3 is 4.74 Å². The number of hydrogen-bond donors (Lipinski definition) is 0. The largest absolute Gasteiger partial charge is 0.460 e. The van der Waals surface area contributed by atoms with Crippen LogP contribution in [0.15, 0.2) is 0 Å². The second-order valence-electron chi connectivity index (χ2n) is 5.21. The average Bonchev–Trinajstić information content (AvgIpc) is 2.13. The molecule has 0 aromatic carbocycles. The molecule has 0 aromatic rings. The number of carbonyl (C=O) groups is 1. The van der Waals surface area contributed by atoms with E-state index >= 15 is 0 Å². The van der Waals surface area contributed by atoms with Gasteiger partial charge in [0, 0.05) is 6.54 Å². The first-order chi connectivity index (χ1) is 7.61. The van der Waals surface area contributed by atoms with Gasteiger partial charge in [0.05, 0.1) is 0 Å². The Balaban J connectivity index is 2.75. The van der Waals surface area contributed by atoms with Crippen LogP contribution in [-0.4, -0.2) is 35.4 Å². The molecule has 0 unspecified atom stereocenters. The Labute approximate surface area is 98.9 Å². The van der Waals surface area contributed by atoms with Crippen molar-refractivity contribution >= 4 is 5.97 Å². The van der Waals surface area contributed by atoms with Crippen molar-refractivity contribution < 1.29 is 22.7 Å². The highest BCUT2D eigenvalue weighted by molar-refractivity contribution is 5.76. The van der Waals surface area contributed by atoms with Crippen LogP contribution in [-0.2, 0) is 9.53 Å². The first kappa shape index (κ1) is 14.3. The van der Waals surface area contributed by atoms with Gasteiger partial charge in [0.25, 0.3) is 0 Å². The summed E-state index contributed by atoms with van der Waals surface area (Å²) in [6.07, 6.45) is -3.19. The van der Waals surface area contributed by atoms with E-state index in [0.29, 0.717) is 12.8 Å². The topological polar surface area (TPSA) is 29.5 Å². The summed E-state index contributed by atoms with van der Waals surface area (Å²) in [7, 11) is 0. The lowest BCUT2D eigenvalue weighted by molar-refractivity contribution is -0.266. The SMILES string of the molecule is CC(C)(C)OC(=O)[C@H]1CCCCN1C(F)(F)F. The van der Waals surface area contributed by atoms with Crippen molar-refractivity contribution in [1.82, 2.24) is 4.90 Å². The molecule has 100 valence electrons. The van der Waals surface area contributed by atoms with Crippen LogP contribution < -0.4 is 0 Å². The van der Waals surface area contributed by atoms with E-state index in [1.165, 1.54) is 0 Å². The number of esters is 1. The fourth-order valence-corrected chi connectivity index (χ4v) is 1.85. The van der Waals surface area contributed by atoms with Crippen LogP contribution in [0.3, 0.4) is 0 Å². The molecule has 0 radical (unpaired) electrons. The zero-order valence-corrected chi connectivity index (χ0v) is 10.3. The van der Waals surface area contributed by atoms with Crippen LogP contribution in [0.25, 0.3) is 0 Å². The highest BCUT2D eigenvalue weighted by atomic mass is 19.4. The number of halogens is 3. The van der Waals surface area contributed by atoms with E-state index in [0.717, 1.165) is 0 Å². The number of carbonyl (C=O) groups excluding carboxylic acids is 1. The van der Waals surface area contributed by atoms with E-state index in [1.807, 2.05) is 0 Å². The molecule has 0 spiro atoms. The summed E-state index contributed by atoms with van der Waals surface area (Å²) >= 11 is 0. The van der Waals surface area contributed by atoms with Crippen LogP contribution in [0.4, 0.5) is 13.2 Å². The standard InChI is InChI=1S/C11H18F3NO2/c1-10(2,3)17-9(16)8-6-4-5-7-15(8)11(12,13)14/h8H,4-7H2,1-3H3/t8-/m1/s1. The molecule has 6 heteroatoms. The molecule has 1 aliphatic rings. The molecule has 1 saturated heterocycles. The number of alkyl halides is 3. The minimum atomic E-state index is -4.47. The quantitative estimate of drug-likeness (QED) is 0.531. The van der Waals surface area contributed by atoms with Crippen molar-refractivity contribution in [3.8, 4) is 0 Å². The molecule has 0 aliphatic carbocycles. The average molecular weight is 253 g/mol. The van der Waals surface area contributed by atoms with Gasteiger partial charge in [0.15, 0.2) is 0 Å². The van der Waals surface area contributed by atoms with Gasteiger partial charge >= 0.3 is 12.3 Å². The van der Waals surface area contributed by atoms with Crippen molar-refractivity contribution in [1.29, 1.82) is 0 Å². The number of likely N-dealkylation sites (tertiary alicyclic amines) is 1. The molecule has 0 N–H and O–H groups in total. The van der Waals surface area contributed by atoms with Crippen LogP contribution in [0.1, 0.15) is 40.0 Å². The molecule has 0 aromatic heterocycles. The molecule has 3 nitrogen and oxygen atoms in total. The van der Waals surface area contributed by atoms with Crippen molar-refractivity contribution in [2.24, 2.45) is 0 Å². The fourth-order valence-electron chi connectivity index (χ4n) is 1.85. The van der Waals surface area contributed by atoms with Crippen LogP contribution in [0.2, 0.25) is 0 Å². The third-order valence-corrected chi connectivity index (χ3v) is 2.51. The van der Waals surface area contributed by atoms with Crippen molar-refractivity contribution in [2.75, 3.05) is 6.54 Å². The molecule has 1 atom stereocenters. The third-order valence-electron chi connectivity index (χ3n) is 2.51. The number of rotatable bonds is 1. The normalized spacial score (nSPS) is 23.5. The molecule has 1 aliphatic heterocycles. The van der Waals surface area contributed by atoms with E-state index in [2.05, 4.69) is 0 Å². The van der Waals surface area contributed by atoms with Gasteiger partial charge in [-0.2, -0.15) is 13.2 Å². The Kier molecular flexibility index (Phi) is 4.06. The molecule has 17 heavy (non-hydrogen) atoms. The van der Waals surface area contributed by atoms with Crippen molar-refractivity contribution in [3.63, 3.8) is 0 Å². The predicted octanol–water partition coefficient (Wildman–Crippen LogP) is 2.70. The first-order valence-electron chi connectivity index (χ1n) is 5.67. The Morgan fingerprint density at radius 3 is 2.29 bits per heavy atom. The Bertz CT molecular complexity index is 283. The summed E-state index contributed by atoms with van der Waals surface area (Å²) in [5.41, 5.74) is -0.758. The maximum Gasteiger partial charge on any atom is 0.460 e. The van der Waals surface area contributed by atoms with E-state index in [-0.39, 0.29) is 17.9 Å². The summed E-state index contributed by atoms with van der Waals surface area (Å²) in [6, 6.07) is -1.19. The number of hydrogen-bond acceptors (Lipinski definition) is 3. The minimum absolute atomic E-state index is 0.132. The molecular weight excluding hydrogens is 235 g/mol. The molecule has 0 saturated carbocycles. The van der Waals surface area contributed by atoms with Crippen LogP contribution >= 0.6 is 0 Å². The Hall–Kier alpha value is -0.780. The Morgan fingerprint density at radius 2 is 1.82 bits per heavy atom. The fraction of sp³-hybridized carbons (Fsp3) is 0.909. The van der Waals surface area contributed by atoms with Gasteiger partial charge in [-0.1, -0.05) is 6.42 Å². The van der Waals surface area contributed by atoms with E-state index < -0.39 is 23.9 Å². The van der Waals surface area contributed by atoms with Gasteiger partial charge in [0.1, 0.15) is 11.6 Å². The zero-order valence-electron chi connectivity index (χ0n) is 10.3. The summed E-state index contributed by atoms with van der Waals surface area (Å²) in [5.74, 6) is -0.783. The van der Waals surface area contributed by atoms with E-state index in [9.17, 15) is 18.0 Å². The summed E-state index contributed by atoms with van der Waals surface area (Å²) in [5, 5.41) is 0. The highest BCUT2D eigenvalue weighted by Crippen LogP contribution is 2.30. The highest BCUT2D eigenvalue weighted by Gasteiger charge is 2.46. The van der Waals surface area contributed by atoms with Gasteiger partial charge in [-0.3, -0.25) is 4.79 Å². The second-order valence-corrected chi connectivity index (χ2v) is 5.21. The zero-order chi connectivity index (χ0) is 13.3. The van der Waals surface area contributed by atoms with Gasteiger partial charge in [0.2, 0.25) is 0 Å². The van der Waals surface area contributed by atoms with Crippen LogP contribution in [0.5, 0.6) is 0 Å². The van der Waals surface area contributed by atoms with E-state index in [4.69, 9.17) is 4.74 Å². The lowest BCUT2D eigenvalue weighted by Crippen LogP contribution is -2.53. The van der Waals surface area contributed by atoms with E-state index in [1.54, 1.807) is 20.8 Å². The lowest BCUT2D eigenvalue weighted by Gasteiger charge is -2.36. The molecule has 1 rings (SSSR count). The second kappa shape index (κ2) is 4.84. The summed E-state index contributed by atoms with van der Waals surface area (Å²) in [4.78, 5) is 12.0. The number of ether oxygens (including phenoxy) is 1. The monoisotopic (exact) mass is 253 g/mol. The van der Waals surface area contributed by atoms with Crippen LogP contribution in [0, 0.1) is 0 Å². The summed E-state index contributed by atoms with van der Waals surface area (Å²) in [6.45, 7) is 4.80. The number of nitrogens with zero attached hydrogens (tertiary/aromatic N) is 1. The molecule has 0 bridgehead atoms. The maximum absolute atomic E-state index is 12.7. The third kappa shape index (κ3) is 4.18. The Morgan fingerprint density at radius 1 is 1.24 bits per heavy atom. The lowest BCUT2D eigenvalue weighted by atomic mass is 10.0. The predicted molar refractivity (Wildman–Crippen MR) is 56.2 cm³/mol. The van der Waals surface area contributed by atoms with Gasteiger partial charge in [-0.05, 0) is 33.6 Å². The van der Waals surface area contributed by atoms with Gasteiger partial charge in [-0.25, -0.2) is 4.90 Å². The minimum Gasteiger partial charge on any atom is -0.459 e. The molecular formula is C11H18F3NO2. The molecule has 1 heterocycles. The van der Waals surface area contributed by atoms with Crippen molar-refractivity contribution in [3.05, 3.63) is 0 Å².